The number of ether oxygens (including phenoxy) is 2. The van der Waals surface area contributed by atoms with E-state index in [4.69, 9.17) is 9.47 Å². The second-order valence-corrected chi connectivity index (χ2v) is 9.30. The fourth-order valence-electron chi connectivity index (χ4n) is 3.80. The molecule has 3 heterocycles. The fraction of sp³-hybridized carbons (Fsp3) is 0.458. The summed E-state index contributed by atoms with van der Waals surface area (Å²) in [5.41, 5.74) is 1.37. The number of carbonyl (C=O) groups excluding carboxylic acids is 2. The second kappa shape index (κ2) is 9.06. The largest absolute Gasteiger partial charge is 0.489 e. The molecule has 0 radical (unpaired) electrons. The van der Waals surface area contributed by atoms with Crippen molar-refractivity contribution in [2.75, 3.05) is 31.5 Å². The molecular weight excluding hydrogens is 408 g/mol. The van der Waals surface area contributed by atoms with Gasteiger partial charge in [-0.3, -0.25) is 4.98 Å². The zero-order valence-corrected chi connectivity index (χ0v) is 18.8. The van der Waals surface area contributed by atoms with E-state index in [9.17, 15) is 9.59 Å². The molecule has 3 amide bonds. The molecule has 8 nitrogen and oxygen atoms in total. The van der Waals surface area contributed by atoms with Crippen LogP contribution in [0.1, 0.15) is 38.7 Å². The fourth-order valence-corrected chi connectivity index (χ4v) is 3.80. The van der Waals surface area contributed by atoms with Gasteiger partial charge in [-0.25, -0.2) is 9.59 Å². The molecule has 32 heavy (non-hydrogen) atoms. The first-order valence-electron chi connectivity index (χ1n) is 11.0. The average molecular weight is 439 g/mol. The maximum absolute atomic E-state index is 12.5. The molecule has 2 aliphatic heterocycles. The summed E-state index contributed by atoms with van der Waals surface area (Å²) >= 11 is 0. The molecule has 1 aromatic carbocycles. The van der Waals surface area contributed by atoms with Gasteiger partial charge < -0.3 is 24.6 Å². The van der Waals surface area contributed by atoms with Crippen LogP contribution in [0.5, 0.6) is 5.75 Å². The summed E-state index contributed by atoms with van der Waals surface area (Å²) in [6.45, 7) is 8.07. The maximum Gasteiger partial charge on any atom is 0.410 e. The second-order valence-electron chi connectivity index (χ2n) is 9.30. The SMILES string of the molecule is CC(C)(C)OC(=O)N1CC[C@H](Oc2ccc(NC(=O)N3CC(c4cccnc4)C3)cc2)C1. The molecule has 0 aliphatic carbocycles. The van der Waals surface area contributed by atoms with Crippen molar-refractivity contribution < 1.29 is 19.1 Å². The predicted octanol–water partition coefficient (Wildman–Crippen LogP) is 4.10. The molecule has 4 rings (SSSR count). The zero-order valence-electron chi connectivity index (χ0n) is 18.8. The van der Waals surface area contributed by atoms with Crippen molar-refractivity contribution in [1.82, 2.24) is 14.8 Å². The van der Waals surface area contributed by atoms with Crippen molar-refractivity contribution >= 4 is 17.8 Å². The lowest BCUT2D eigenvalue weighted by Gasteiger charge is -2.39. The monoisotopic (exact) mass is 438 g/mol. The number of amides is 3. The molecule has 2 aromatic rings. The molecule has 2 saturated heterocycles. The van der Waals surface area contributed by atoms with E-state index in [1.807, 2.05) is 63.4 Å². The highest BCUT2D eigenvalue weighted by Crippen LogP contribution is 2.27. The Hall–Kier alpha value is -3.29. The maximum atomic E-state index is 12.5. The van der Waals surface area contributed by atoms with Crippen molar-refractivity contribution in [2.24, 2.45) is 0 Å². The topological polar surface area (TPSA) is 84.0 Å². The lowest BCUT2D eigenvalue weighted by atomic mass is 9.93. The van der Waals surface area contributed by atoms with Crippen LogP contribution in [0.3, 0.4) is 0 Å². The van der Waals surface area contributed by atoms with Gasteiger partial charge in [0.15, 0.2) is 0 Å². The van der Waals surface area contributed by atoms with Gasteiger partial charge in [-0.05, 0) is 56.7 Å². The van der Waals surface area contributed by atoms with Gasteiger partial charge in [-0.2, -0.15) is 0 Å². The van der Waals surface area contributed by atoms with Crippen molar-refractivity contribution in [1.29, 1.82) is 0 Å². The molecule has 1 N–H and O–H groups in total. The van der Waals surface area contributed by atoms with Crippen LogP contribution in [0.4, 0.5) is 15.3 Å². The lowest BCUT2D eigenvalue weighted by molar-refractivity contribution is 0.0275. The summed E-state index contributed by atoms with van der Waals surface area (Å²) in [7, 11) is 0. The number of nitrogens with one attached hydrogen (secondary N) is 1. The third kappa shape index (κ3) is 5.49. The molecule has 2 aliphatic rings. The van der Waals surface area contributed by atoms with Gasteiger partial charge >= 0.3 is 12.1 Å². The number of carbonyl (C=O) groups is 2. The van der Waals surface area contributed by atoms with Crippen LogP contribution in [-0.2, 0) is 4.74 Å². The van der Waals surface area contributed by atoms with Crippen LogP contribution in [0.25, 0.3) is 0 Å². The third-order valence-electron chi connectivity index (χ3n) is 5.53. The molecule has 0 unspecified atom stereocenters. The van der Waals surface area contributed by atoms with E-state index in [2.05, 4.69) is 10.3 Å². The summed E-state index contributed by atoms with van der Waals surface area (Å²) in [5.74, 6) is 1.05. The summed E-state index contributed by atoms with van der Waals surface area (Å²) < 4.78 is 11.4. The van der Waals surface area contributed by atoms with E-state index in [0.29, 0.717) is 43.5 Å². The van der Waals surface area contributed by atoms with Crippen molar-refractivity contribution in [3.05, 3.63) is 54.4 Å². The van der Waals surface area contributed by atoms with E-state index in [0.717, 1.165) is 12.0 Å². The Morgan fingerprint density at radius 1 is 1.06 bits per heavy atom. The number of anilines is 1. The van der Waals surface area contributed by atoms with Gasteiger partial charge in [0.25, 0.3) is 0 Å². The highest BCUT2D eigenvalue weighted by molar-refractivity contribution is 5.90. The van der Waals surface area contributed by atoms with E-state index in [1.54, 1.807) is 16.0 Å². The van der Waals surface area contributed by atoms with Crippen LogP contribution in [-0.4, -0.2) is 64.8 Å². The Labute approximate surface area is 188 Å². The van der Waals surface area contributed by atoms with Gasteiger partial charge in [0.05, 0.1) is 6.54 Å². The number of benzene rings is 1. The molecule has 1 atom stereocenters. The third-order valence-corrected chi connectivity index (χ3v) is 5.53. The van der Waals surface area contributed by atoms with E-state index < -0.39 is 5.60 Å². The van der Waals surface area contributed by atoms with Gasteiger partial charge in [0.1, 0.15) is 17.5 Å². The molecule has 170 valence electrons. The quantitative estimate of drug-likeness (QED) is 0.777. The number of nitrogens with zero attached hydrogens (tertiary/aromatic N) is 3. The van der Waals surface area contributed by atoms with Crippen molar-refractivity contribution in [3.63, 3.8) is 0 Å². The first-order valence-corrected chi connectivity index (χ1v) is 11.0. The van der Waals surface area contributed by atoms with Gasteiger partial charge in [0.2, 0.25) is 0 Å². The Morgan fingerprint density at radius 3 is 2.47 bits per heavy atom. The van der Waals surface area contributed by atoms with Gasteiger partial charge in [-0.1, -0.05) is 6.07 Å². The minimum atomic E-state index is -0.508. The van der Waals surface area contributed by atoms with E-state index in [1.165, 1.54) is 0 Å². The molecule has 0 saturated carbocycles. The molecule has 1 aromatic heterocycles. The van der Waals surface area contributed by atoms with Crippen LogP contribution in [0, 0.1) is 0 Å². The molecule has 0 spiro atoms. The summed E-state index contributed by atoms with van der Waals surface area (Å²) in [5, 5.41) is 2.93. The van der Waals surface area contributed by atoms with E-state index in [-0.39, 0.29) is 18.2 Å². The zero-order chi connectivity index (χ0) is 22.7. The molecule has 0 bridgehead atoms. The van der Waals surface area contributed by atoms with Crippen molar-refractivity contribution in [3.8, 4) is 5.75 Å². The highest BCUT2D eigenvalue weighted by Gasteiger charge is 2.32. The van der Waals surface area contributed by atoms with Crippen LogP contribution in [0.15, 0.2) is 48.8 Å². The number of pyridine rings is 1. The van der Waals surface area contributed by atoms with Crippen LogP contribution >= 0.6 is 0 Å². The Morgan fingerprint density at radius 2 is 1.81 bits per heavy atom. The van der Waals surface area contributed by atoms with Crippen molar-refractivity contribution in [2.45, 2.75) is 44.8 Å². The number of aromatic nitrogens is 1. The van der Waals surface area contributed by atoms with Crippen LogP contribution < -0.4 is 10.1 Å². The summed E-state index contributed by atoms with van der Waals surface area (Å²) in [6.07, 6.45) is 3.98. The minimum absolute atomic E-state index is 0.0755. The Kier molecular flexibility index (Phi) is 6.21. The molecular formula is C24H30N4O4. The van der Waals surface area contributed by atoms with Crippen LogP contribution in [0.2, 0.25) is 0 Å². The first kappa shape index (κ1) is 21.9. The summed E-state index contributed by atoms with van der Waals surface area (Å²) in [4.78, 5) is 32.2. The number of hydrogen-bond donors (Lipinski definition) is 1. The Bertz CT molecular complexity index is 937. The van der Waals surface area contributed by atoms with Gasteiger partial charge in [0, 0.05) is 50.1 Å². The lowest BCUT2D eigenvalue weighted by Crippen LogP contribution is -2.50. The van der Waals surface area contributed by atoms with Gasteiger partial charge in [-0.15, -0.1) is 0 Å². The number of rotatable bonds is 4. The number of urea groups is 1. The highest BCUT2D eigenvalue weighted by atomic mass is 16.6. The first-order chi connectivity index (χ1) is 15.3. The summed E-state index contributed by atoms with van der Waals surface area (Å²) in [6, 6.07) is 11.2. The Balaban J connectivity index is 1.22. The number of likely N-dealkylation sites (tertiary alicyclic amines) is 2. The predicted molar refractivity (Wildman–Crippen MR) is 121 cm³/mol. The van der Waals surface area contributed by atoms with E-state index >= 15 is 0 Å². The number of hydrogen-bond acceptors (Lipinski definition) is 5. The standard InChI is InChI=1S/C24H30N4O4/c1-24(2,3)32-23(30)27-12-10-21(16-27)31-20-8-6-19(7-9-20)26-22(29)28-14-18(15-28)17-5-4-11-25-13-17/h4-9,11,13,18,21H,10,12,14-16H2,1-3H3,(H,26,29)/t21-/m0/s1. The molecule has 2 fully saturated rings. The average Bonchev–Trinajstić information content (AvgIpc) is 3.17. The normalized spacial score (nSPS) is 18.8. The molecule has 8 heteroatoms. The smallest absolute Gasteiger partial charge is 0.410 e. The minimum Gasteiger partial charge on any atom is -0.489 e.